The third-order valence-corrected chi connectivity index (χ3v) is 3.27. The average Bonchev–Trinajstić information content (AvgIpc) is 2.76. The summed E-state index contributed by atoms with van der Waals surface area (Å²) in [6.07, 6.45) is 7.53. The number of carbonyl (C=O) groups is 1. The molecule has 0 spiro atoms. The van der Waals surface area contributed by atoms with Gasteiger partial charge in [-0.3, -0.25) is 4.79 Å². The van der Waals surface area contributed by atoms with E-state index in [1.807, 2.05) is 13.0 Å². The number of rotatable bonds is 8. The van der Waals surface area contributed by atoms with Crippen LogP contribution in [-0.2, 0) is 6.42 Å². The zero-order valence-corrected chi connectivity index (χ0v) is 10.6. The molecule has 1 heterocycles. The molecule has 0 N–H and O–H groups in total. The lowest BCUT2D eigenvalue weighted by Gasteiger charge is -1.99. The van der Waals surface area contributed by atoms with Gasteiger partial charge in [0.25, 0.3) is 0 Å². The number of ketones is 1. The van der Waals surface area contributed by atoms with Crippen molar-refractivity contribution >= 4 is 17.3 Å². The molecule has 4 heteroatoms. The molecule has 1 rings (SSSR count). The van der Waals surface area contributed by atoms with Gasteiger partial charge in [0.15, 0.2) is 5.78 Å². The molecule has 0 saturated carbocycles. The summed E-state index contributed by atoms with van der Waals surface area (Å²) in [5.41, 5.74) is 0.848. The minimum atomic E-state index is 0.199. The molecule has 0 aromatic carbocycles. The van der Waals surface area contributed by atoms with E-state index in [0.717, 1.165) is 42.7 Å². The van der Waals surface area contributed by atoms with Crippen molar-refractivity contribution in [1.82, 2.24) is 9.59 Å². The first kappa shape index (κ1) is 13.0. The van der Waals surface area contributed by atoms with Gasteiger partial charge in [0.05, 0.1) is 5.69 Å². The molecular formula is C12H18N2OS. The number of nitrogens with zero attached hydrogens (tertiary/aromatic N) is 2. The van der Waals surface area contributed by atoms with Crippen molar-refractivity contribution in [1.29, 1.82) is 0 Å². The van der Waals surface area contributed by atoms with Gasteiger partial charge < -0.3 is 0 Å². The highest BCUT2D eigenvalue weighted by molar-refractivity contribution is 7.08. The van der Waals surface area contributed by atoms with Gasteiger partial charge in [-0.05, 0) is 37.2 Å². The van der Waals surface area contributed by atoms with Crippen molar-refractivity contribution in [3.63, 3.8) is 0 Å². The first-order chi connectivity index (χ1) is 7.79. The summed E-state index contributed by atoms with van der Waals surface area (Å²) in [5.74, 6) is 0.199. The van der Waals surface area contributed by atoms with Crippen LogP contribution in [0.15, 0.2) is 12.7 Å². The Morgan fingerprint density at radius 2 is 2.25 bits per heavy atom. The highest BCUT2D eigenvalue weighted by Gasteiger charge is 2.13. The van der Waals surface area contributed by atoms with Crippen molar-refractivity contribution in [3.05, 3.63) is 23.2 Å². The highest BCUT2D eigenvalue weighted by atomic mass is 32.1. The van der Waals surface area contributed by atoms with E-state index in [2.05, 4.69) is 16.2 Å². The topological polar surface area (TPSA) is 42.9 Å². The molecule has 1 aromatic heterocycles. The average molecular weight is 238 g/mol. The Hall–Kier alpha value is -1.03. The summed E-state index contributed by atoms with van der Waals surface area (Å²) in [6, 6.07) is 0. The van der Waals surface area contributed by atoms with E-state index in [-0.39, 0.29) is 5.78 Å². The van der Waals surface area contributed by atoms with Crippen molar-refractivity contribution < 1.29 is 4.79 Å². The standard InChI is InChI=1S/C12H18N2OS/c1-3-5-6-7-8-9-11(15)12-10(4-2)13-14-16-12/h3H,1,4-9H2,2H3. The van der Waals surface area contributed by atoms with E-state index in [4.69, 9.17) is 0 Å². The summed E-state index contributed by atoms with van der Waals surface area (Å²) >= 11 is 1.22. The van der Waals surface area contributed by atoms with Gasteiger partial charge >= 0.3 is 0 Å². The predicted molar refractivity (Wildman–Crippen MR) is 66.9 cm³/mol. The van der Waals surface area contributed by atoms with Crippen LogP contribution in [0.5, 0.6) is 0 Å². The lowest BCUT2D eigenvalue weighted by atomic mass is 10.1. The maximum Gasteiger partial charge on any atom is 0.176 e. The minimum Gasteiger partial charge on any atom is -0.293 e. The van der Waals surface area contributed by atoms with E-state index >= 15 is 0 Å². The number of allylic oxidation sites excluding steroid dienone is 1. The Balaban J connectivity index is 2.32. The van der Waals surface area contributed by atoms with Crippen LogP contribution in [0.2, 0.25) is 0 Å². The molecule has 0 unspecified atom stereocenters. The molecule has 1 aromatic rings. The number of hydrogen-bond donors (Lipinski definition) is 0. The smallest absolute Gasteiger partial charge is 0.176 e. The second-order valence-electron chi connectivity index (χ2n) is 3.71. The number of Topliss-reactive ketones (excluding diaryl/α,β-unsaturated/α-hetero) is 1. The number of aryl methyl sites for hydroxylation is 1. The fourth-order valence-electron chi connectivity index (χ4n) is 1.52. The Bertz CT molecular complexity index is 347. The van der Waals surface area contributed by atoms with Crippen molar-refractivity contribution in [2.45, 2.75) is 45.4 Å². The molecule has 0 atom stereocenters. The van der Waals surface area contributed by atoms with Crippen molar-refractivity contribution in [2.24, 2.45) is 0 Å². The van der Waals surface area contributed by atoms with Crippen LogP contribution in [0, 0.1) is 0 Å². The summed E-state index contributed by atoms with van der Waals surface area (Å²) < 4.78 is 3.83. The predicted octanol–water partition coefficient (Wildman–Crippen LogP) is 3.42. The summed E-state index contributed by atoms with van der Waals surface area (Å²) in [6.45, 7) is 5.67. The lowest BCUT2D eigenvalue weighted by molar-refractivity contribution is 0.0982. The van der Waals surface area contributed by atoms with E-state index < -0.39 is 0 Å². The quantitative estimate of drug-likeness (QED) is 0.396. The van der Waals surface area contributed by atoms with Crippen LogP contribution >= 0.6 is 11.5 Å². The van der Waals surface area contributed by atoms with Gasteiger partial charge in [0.1, 0.15) is 4.88 Å². The second-order valence-corrected chi connectivity index (χ2v) is 4.47. The molecular weight excluding hydrogens is 220 g/mol. The molecule has 0 bridgehead atoms. The van der Waals surface area contributed by atoms with Crippen LogP contribution in [0.4, 0.5) is 0 Å². The summed E-state index contributed by atoms with van der Waals surface area (Å²) in [7, 11) is 0. The van der Waals surface area contributed by atoms with Gasteiger partial charge in [-0.15, -0.1) is 11.7 Å². The van der Waals surface area contributed by atoms with E-state index in [1.54, 1.807) is 0 Å². The van der Waals surface area contributed by atoms with E-state index in [1.165, 1.54) is 11.5 Å². The lowest BCUT2D eigenvalue weighted by Crippen LogP contribution is -2.00. The molecule has 0 amide bonds. The maximum atomic E-state index is 11.8. The second kappa shape index (κ2) is 7.28. The molecule has 3 nitrogen and oxygen atoms in total. The van der Waals surface area contributed by atoms with Crippen LogP contribution < -0.4 is 0 Å². The monoisotopic (exact) mass is 238 g/mol. The van der Waals surface area contributed by atoms with Crippen molar-refractivity contribution in [2.75, 3.05) is 0 Å². The van der Waals surface area contributed by atoms with Gasteiger partial charge in [-0.1, -0.05) is 23.9 Å². The Morgan fingerprint density at radius 1 is 1.44 bits per heavy atom. The molecule has 0 saturated heterocycles. The minimum absolute atomic E-state index is 0.199. The summed E-state index contributed by atoms with van der Waals surface area (Å²) in [4.78, 5) is 12.6. The Morgan fingerprint density at radius 3 is 2.94 bits per heavy atom. The zero-order valence-electron chi connectivity index (χ0n) is 9.74. The van der Waals surface area contributed by atoms with E-state index in [9.17, 15) is 4.79 Å². The normalized spacial score (nSPS) is 10.3. The third-order valence-electron chi connectivity index (χ3n) is 2.46. The van der Waals surface area contributed by atoms with Gasteiger partial charge in [-0.2, -0.15) is 0 Å². The SMILES string of the molecule is C=CCCCCCC(=O)c1snnc1CC. The fraction of sp³-hybridized carbons (Fsp3) is 0.583. The van der Waals surface area contributed by atoms with E-state index in [0.29, 0.717) is 6.42 Å². The molecule has 16 heavy (non-hydrogen) atoms. The van der Waals surface area contributed by atoms with Crippen molar-refractivity contribution in [3.8, 4) is 0 Å². The molecule has 88 valence electrons. The molecule has 0 fully saturated rings. The highest BCUT2D eigenvalue weighted by Crippen LogP contribution is 2.15. The molecule has 0 aliphatic carbocycles. The summed E-state index contributed by atoms with van der Waals surface area (Å²) in [5, 5.41) is 3.95. The third kappa shape index (κ3) is 3.85. The number of hydrogen-bond acceptors (Lipinski definition) is 4. The molecule has 0 radical (unpaired) electrons. The zero-order chi connectivity index (χ0) is 11.8. The number of carbonyl (C=O) groups excluding carboxylic acids is 1. The van der Waals surface area contributed by atoms with Crippen LogP contribution in [0.25, 0.3) is 0 Å². The molecule has 0 aliphatic heterocycles. The first-order valence-electron chi connectivity index (χ1n) is 5.75. The fourth-order valence-corrected chi connectivity index (χ4v) is 2.23. The first-order valence-corrected chi connectivity index (χ1v) is 6.52. The van der Waals surface area contributed by atoms with Crippen LogP contribution in [0.1, 0.15) is 54.4 Å². The molecule has 0 aliphatic rings. The van der Waals surface area contributed by atoms with Gasteiger partial charge in [0, 0.05) is 6.42 Å². The van der Waals surface area contributed by atoms with Crippen LogP contribution in [0.3, 0.4) is 0 Å². The Labute approximate surface area is 101 Å². The largest absolute Gasteiger partial charge is 0.293 e. The number of aromatic nitrogens is 2. The number of unbranched alkanes of at least 4 members (excludes halogenated alkanes) is 3. The van der Waals surface area contributed by atoms with Gasteiger partial charge in [0.2, 0.25) is 0 Å². The maximum absolute atomic E-state index is 11.8. The van der Waals surface area contributed by atoms with Crippen LogP contribution in [-0.4, -0.2) is 15.4 Å². The van der Waals surface area contributed by atoms with Gasteiger partial charge in [-0.25, -0.2) is 0 Å². The Kier molecular flexibility index (Phi) is 5.93.